The standard InChI is InChI=1S/C21H25N3O2/c1-16(2)17-8-10-19(11-9-17)22-21(25)23-20(18-6-4-3-5-7-18)24-12-14-26-15-13-24/h3-11,16H,12-15H2,1-2H3,(H,22,25)/b23-20+. The molecule has 136 valence electrons. The molecule has 1 N–H and O–H groups in total. The number of rotatable bonds is 3. The van der Waals surface area contributed by atoms with Crippen LogP contribution < -0.4 is 5.32 Å². The van der Waals surface area contributed by atoms with E-state index in [1.54, 1.807) is 0 Å². The number of aliphatic imine (C=N–C) groups is 1. The number of anilines is 1. The Morgan fingerprint density at radius 1 is 1.04 bits per heavy atom. The second-order valence-corrected chi connectivity index (χ2v) is 6.61. The van der Waals surface area contributed by atoms with E-state index < -0.39 is 0 Å². The number of carbonyl (C=O) groups excluding carboxylic acids is 1. The number of morpholine rings is 1. The van der Waals surface area contributed by atoms with Crippen LogP contribution in [0.25, 0.3) is 0 Å². The third-order valence-electron chi connectivity index (χ3n) is 4.38. The van der Waals surface area contributed by atoms with Crippen molar-refractivity contribution in [2.75, 3.05) is 31.6 Å². The first-order valence-corrected chi connectivity index (χ1v) is 9.01. The van der Waals surface area contributed by atoms with Gasteiger partial charge in [-0.2, -0.15) is 4.99 Å². The summed E-state index contributed by atoms with van der Waals surface area (Å²) in [7, 11) is 0. The Hall–Kier alpha value is -2.66. The van der Waals surface area contributed by atoms with E-state index in [1.165, 1.54) is 5.56 Å². The highest BCUT2D eigenvalue weighted by Crippen LogP contribution is 2.17. The van der Waals surface area contributed by atoms with Gasteiger partial charge in [-0.3, -0.25) is 0 Å². The molecule has 0 atom stereocenters. The van der Waals surface area contributed by atoms with Gasteiger partial charge in [0.15, 0.2) is 0 Å². The Bertz CT molecular complexity index is 749. The summed E-state index contributed by atoms with van der Waals surface area (Å²) in [5.74, 6) is 1.15. The summed E-state index contributed by atoms with van der Waals surface area (Å²) in [5.41, 5.74) is 2.92. The zero-order chi connectivity index (χ0) is 18.4. The predicted octanol–water partition coefficient (Wildman–Crippen LogP) is 4.12. The fourth-order valence-corrected chi connectivity index (χ4v) is 2.88. The maximum atomic E-state index is 12.5. The number of amides is 2. The first-order valence-electron chi connectivity index (χ1n) is 9.01. The molecule has 0 radical (unpaired) electrons. The SMILES string of the molecule is CC(C)c1ccc(NC(=O)/N=C(\c2ccccc2)N2CCOCC2)cc1. The highest BCUT2D eigenvalue weighted by Gasteiger charge is 2.18. The normalized spacial score (nSPS) is 15.2. The van der Waals surface area contributed by atoms with E-state index in [1.807, 2.05) is 54.6 Å². The van der Waals surface area contributed by atoms with Crippen molar-refractivity contribution in [1.82, 2.24) is 4.90 Å². The molecule has 0 unspecified atom stereocenters. The molecule has 2 aromatic carbocycles. The van der Waals surface area contributed by atoms with Gasteiger partial charge in [0.25, 0.3) is 0 Å². The number of benzene rings is 2. The highest BCUT2D eigenvalue weighted by atomic mass is 16.5. The van der Waals surface area contributed by atoms with Crippen molar-refractivity contribution in [3.8, 4) is 0 Å². The minimum Gasteiger partial charge on any atom is -0.378 e. The van der Waals surface area contributed by atoms with E-state index >= 15 is 0 Å². The van der Waals surface area contributed by atoms with Crippen LogP contribution in [-0.4, -0.2) is 43.1 Å². The fraction of sp³-hybridized carbons (Fsp3) is 0.333. The molecule has 1 heterocycles. The number of nitrogens with zero attached hydrogens (tertiary/aromatic N) is 2. The van der Waals surface area contributed by atoms with Crippen LogP contribution in [0.2, 0.25) is 0 Å². The number of hydrogen-bond acceptors (Lipinski definition) is 2. The summed E-state index contributed by atoms with van der Waals surface area (Å²) < 4.78 is 5.42. The topological polar surface area (TPSA) is 53.9 Å². The van der Waals surface area contributed by atoms with Crippen molar-refractivity contribution < 1.29 is 9.53 Å². The van der Waals surface area contributed by atoms with Crippen molar-refractivity contribution in [3.05, 3.63) is 65.7 Å². The molecule has 5 heteroatoms. The molecule has 5 nitrogen and oxygen atoms in total. The zero-order valence-electron chi connectivity index (χ0n) is 15.3. The van der Waals surface area contributed by atoms with E-state index in [4.69, 9.17) is 4.74 Å². The minimum atomic E-state index is -0.368. The molecule has 2 amide bonds. The monoisotopic (exact) mass is 351 g/mol. The summed E-state index contributed by atoms with van der Waals surface area (Å²) in [6.45, 7) is 7.03. The lowest BCUT2D eigenvalue weighted by molar-refractivity contribution is 0.0682. The molecule has 0 saturated carbocycles. The van der Waals surface area contributed by atoms with Gasteiger partial charge in [0.2, 0.25) is 0 Å². The molecular weight excluding hydrogens is 326 g/mol. The van der Waals surface area contributed by atoms with E-state index in [0.717, 1.165) is 24.3 Å². The Morgan fingerprint density at radius 3 is 2.31 bits per heavy atom. The second kappa shape index (κ2) is 8.63. The van der Waals surface area contributed by atoms with Crippen molar-refractivity contribution in [1.29, 1.82) is 0 Å². The molecule has 3 rings (SSSR count). The lowest BCUT2D eigenvalue weighted by Gasteiger charge is -2.29. The Morgan fingerprint density at radius 2 is 1.69 bits per heavy atom. The number of ether oxygens (including phenoxy) is 1. The number of carbonyl (C=O) groups is 1. The molecule has 0 aromatic heterocycles. The number of hydrogen-bond donors (Lipinski definition) is 1. The Labute approximate surface area is 154 Å². The molecule has 1 fully saturated rings. The van der Waals surface area contributed by atoms with Crippen molar-refractivity contribution >= 4 is 17.6 Å². The third-order valence-corrected chi connectivity index (χ3v) is 4.38. The Kier molecular flexibility index (Phi) is 6.02. The van der Waals surface area contributed by atoms with Crippen LogP contribution in [0.5, 0.6) is 0 Å². The average Bonchev–Trinajstić information content (AvgIpc) is 2.68. The summed E-state index contributed by atoms with van der Waals surface area (Å²) in [5, 5.41) is 2.86. The van der Waals surface area contributed by atoms with E-state index in [9.17, 15) is 4.79 Å². The van der Waals surface area contributed by atoms with E-state index in [0.29, 0.717) is 25.0 Å². The van der Waals surface area contributed by atoms with Gasteiger partial charge in [-0.1, -0.05) is 56.3 Å². The van der Waals surface area contributed by atoms with Crippen LogP contribution in [0.3, 0.4) is 0 Å². The second-order valence-electron chi connectivity index (χ2n) is 6.61. The number of urea groups is 1. The zero-order valence-corrected chi connectivity index (χ0v) is 15.3. The van der Waals surface area contributed by atoms with Gasteiger partial charge in [0, 0.05) is 24.3 Å². The largest absolute Gasteiger partial charge is 0.378 e. The lowest BCUT2D eigenvalue weighted by Crippen LogP contribution is -2.41. The molecule has 1 saturated heterocycles. The third kappa shape index (κ3) is 4.70. The quantitative estimate of drug-likeness (QED) is 0.668. The molecule has 1 aliphatic heterocycles. The lowest BCUT2D eigenvalue weighted by atomic mass is 10.0. The van der Waals surface area contributed by atoms with Gasteiger partial charge in [0.05, 0.1) is 13.2 Å². The average molecular weight is 351 g/mol. The van der Waals surface area contributed by atoms with Crippen LogP contribution in [0.15, 0.2) is 59.6 Å². The van der Waals surface area contributed by atoms with E-state index in [2.05, 4.69) is 29.1 Å². The van der Waals surface area contributed by atoms with Gasteiger partial charge in [-0.25, -0.2) is 4.79 Å². The summed E-state index contributed by atoms with van der Waals surface area (Å²) >= 11 is 0. The molecule has 0 bridgehead atoms. The van der Waals surface area contributed by atoms with Gasteiger partial charge in [-0.15, -0.1) is 0 Å². The first kappa shape index (κ1) is 18.1. The van der Waals surface area contributed by atoms with Crippen molar-refractivity contribution in [2.45, 2.75) is 19.8 Å². The molecule has 1 aliphatic rings. The summed E-state index contributed by atoms with van der Waals surface area (Å²) in [4.78, 5) is 19.0. The summed E-state index contributed by atoms with van der Waals surface area (Å²) in [6, 6.07) is 17.3. The van der Waals surface area contributed by atoms with Crippen LogP contribution >= 0.6 is 0 Å². The van der Waals surface area contributed by atoms with Crippen molar-refractivity contribution in [3.63, 3.8) is 0 Å². The first-order chi connectivity index (χ1) is 12.6. The number of amidine groups is 1. The predicted molar refractivity (Wildman–Crippen MR) is 105 cm³/mol. The van der Waals surface area contributed by atoms with Gasteiger partial charge >= 0.3 is 6.03 Å². The minimum absolute atomic E-state index is 0.368. The molecular formula is C21H25N3O2. The maximum absolute atomic E-state index is 12.5. The van der Waals surface area contributed by atoms with Crippen LogP contribution in [-0.2, 0) is 4.74 Å². The highest BCUT2D eigenvalue weighted by molar-refractivity contribution is 6.07. The Balaban J connectivity index is 1.78. The van der Waals surface area contributed by atoms with Crippen molar-refractivity contribution in [2.24, 2.45) is 4.99 Å². The van der Waals surface area contributed by atoms with Gasteiger partial charge < -0.3 is 15.0 Å². The molecule has 26 heavy (non-hydrogen) atoms. The maximum Gasteiger partial charge on any atom is 0.347 e. The van der Waals surface area contributed by atoms with Crippen LogP contribution in [0, 0.1) is 0 Å². The molecule has 0 aliphatic carbocycles. The summed E-state index contributed by atoms with van der Waals surface area (Å²) in [6.07, 6.45) is 0. The molecule has 2 aromatic rings. The molecule has 0 spiro atoms. The fourth-order valence-electron chi connectivity index (χ4n) is 2.88. The van der Waals surface area contributed by atoms with E-state index in [-0.39, 0.29) is 6.03 Å². The van der Waals surface area contributed by atoms with Crippen LogP contribution in [0.4, 0.5) is 10.5 Å². The van der Waals surface area contributed by atoms with Crippen LogP contribution in [0.1, 0.15) is 30.9 Å². The van der Waals surface area contributed by atoms with Gasteiger partial charge in [0.1, 0.15) is 5.84 Å². The number of nitrogens with one attached hydrogen (secondary N) is 1. The smallest absolute Gasteiger partial charge is 0.347 e. The van der Waals surface area contributed by atoms with Gasteiger partial charge in [-0.05, 0) is 23.6 Å².